The molecule has 2 rings (SSSR count). The van der Waals surface area contributed by atoms with Gasteiger partial charge in [0, 0.05) is 5.56 Å². The van der Waals surface area contributed by atoms with E-state index in [9.17, 15) is 8.78 Å². The van der Waals surface area contributed by atoms with E-state index in [0.717, 1.165) is 24.8 Å². The van der Waals surface area contributed by atoms with E-state index in [-0.39, 0.29) is 5.56 Å². The van der Waals surface area contributed by atoms with Crippen molar-refractivity contribution in [3.63, 3.8) is 0 Å². The molecule has 0 heterocycles. The summed E-state index contributed by atoms with van der Waals surface area (Å²) < 4.78 is 28.0. The normalized spacial score (nSPS) is 11.4. The Morgan fingerprint density at radius 3 is 2.04 bits per heavy atom. The molecular weight excluding hydrogens is 314 g/mol. The molecular formula is C23H28F2. The van der Waals surface area contributed by atoms with Crippen molar-refractivity contribution in [3.05, 3.63) is 76.4 Å². The minimum Gasteiger partial charge on any atom is -0.207 e. The second-order valence-electron chi connectivity index (χ2n) is 6.57. The number of unbranched alkanes of at least 4 members (excludes halogenated alkanes) is 2. The Morgan fingerprint density at radius 1 is 0.800 bits per heavy atom. The van der Waals surface area contributed by atoms with E-state index in [4.69, 9.17) is 0 Å². The third kappa shape index (κ3) is 6.12. The Labute approximate surface area is 150 Å². The first-order valence-electron chi connectivity index (χ1n) is 9.36. The van der Waals surface area contributed by atoms with Gasteiger partial charge in [0.15, 0.2) is 0 Å². The van der Waals surface area contributed by atoms with Crippen LogP contribution in [-0.4, -0.2) is 0 Å². The lowest BCUT2D eigenvalue weighted by Gasteiger charge is -2.08. The number of hydrogen-bond acceptors (Lipinski definition) is 0. The zero-order valence-corrected chi connectivity index (χ0v) is 15.3. The lowest BCUT2D eigenvalue weighted by molar-refractivity contribution is 0.549. The van der Waals surface area contributed by atoms with E-state index in [2.05, 4.69) is 43.3 Å². The topological polar surface area (TPSA) is 0 Å². The third-order valence-corrected chi connectivity index (χ3v) is 4.42. The van der Waals surface area contributed by atoms with Crippen LogP contribution in [0.5, 0.6) is 0 Å². The summed E-state index contributed by atoms with van der Waals surface area (Å²) in [7, 11) is 0. The van der Waals surface area contributed by atoms with Gasteiger partial charge in [-0.25, -0.2) is 8.78 Å². The largest absolute Gasteiger partial charge is 0.207 e. The molecule has 0 atom stereocenters. The number of rotatable bonds is 9. The van der Waals surface area contributed by atoms with Crippen LogP contribution in [0.15, 0.2) is 42.5 Å². The number of hydrogen-bond donors (Lipinski definition) is 0. The molecule has 0 radical (unpaired) electrons. The van der Waals surface area contributed by atoms with Gasteiger partial charge in [0.2, 0.25) is 0 Å². The zero-order valence-electron chi connectivity index (χ0n) is 15.3. The molecule has 0 saturated carbocycles. The summed E-state index contributed by atoms with van der Waals surface area (Å²) >= 11 is 0. The van der Waals surface area contributed by atoms with Crippen molar-refractivity contribution in [2.45, 2.75) is 58.8 Å². The Balaban J connectivity index is 1.94. The summed E-state index contributed by atoms with van der Waals surface area (Å²) in [5.74, 6) is -0.825. The molecule has 25 heavy (non-hydrogen) atoms. The SMILES string of the molecule is CCCC/C=C/c1ccc(CCc2cc(F)c(CCC)c(F)c2)cc1. The maximum absolute atomic E-state index is 14.0. The lowest BCUT2D eigenvalue weighted by Crippen LogP contribution is -2.00. The summed E-state index contributed by atoms with van der Waals surface area (Å²) in [4.78, 5) is 0. The fourth-order valence-corrected chi connectivity index (χ4v) is 2.91. The van der Waals surface area contributed by atoms with Crippen molar-refractivity contribution < 1.29 is 8.78 Å². The molecule has 2 heteroatoms. The monoisotopic (exact) mass is 342 g/mol. The van der Waals surface area contributed by atoms with Crippen LogP contribution in [0.1, 0.15) is 61.8 Å². The van der Waals surface area contributed by atoms with Crippen LogP contribution in [0, 0.1) is 11.6 Å². The van der Waals surface area contributed by atoms with Gasteiger partial charge in [0.05, 0.1) is 0 Å². The number of aryl methyl sites for hydroxylation is 2. The van der Waals surface area contributed by atoms with Crippen molar-refractivity contribution >= 4 is 6.08 Å². The van der Waals surface area contributed by atoms with Gasteiger partial charge in [0.25, 0.3) is 0 Å². The van der Waals surface area contributed by atoms with E-state index in [1.54, 1.807) is 0 Å². The van der Waals surface area contributed by atoms with Gasteiger partial charge in [-0.15, -0.1) is 0 Å². The fourth-order valence-electron chi connectivity index (χ4n) is 2.91. The molecule has 2 aromatic carbocycles. The van der Waals surface area contributed by atoms with Crippen molar-refractivity contribution in [2.24, 2.45) is 0 Å². The molecule has 0 nitrogen and oxygen atoms in total. The van der Waals surface area contributed by atoms with Gasteiger partial charge in [-0.1, -0.05) is 69.5 Å². The minimum absolute atomic E-state index is 0.213. The maximum Gasteiger partial charge on any atom is 0.129 e. The minimum atomic E-state index is -0.413. The first-order valence-corrected chi connectivity index (χ1v) is 9.36. The molecule has 0 aromatic heterocycles. The van der Waals surface area contributed by atoms with Crippen LogP contribution in [0.25, 0.3) is 6.08 Å². The highest BCUT2D eigenvalue weighted by molar-refractivity contribution is 5.49. The molecule has 0 unspecified atom stereocenters. The van der Waals surface area contributed by atoms with Crippen LogP contribution in [0.3, 0.4) is 0 Å². The molecule has 2 aromatic rings. The second-order valence-corrected chi connectivity index (χ2v) is 6.57. The van der Waals surface area contributed by atoms with Gasteiger partial charge in [-0.2, -0.15) is 0 Å². The highest BCUT2D eigenvalue weighted by Gasteiger charge is 2.10. The predicted octanol–water partition coefficient (Wildman–Crippen LogP) is 6.91. The summed E-state index contributed by atoms with van der Waals surface area (Å²) in [5, 5.41) is 0. The van der Waals surface area contributed by atoms with Gasteiger partial charge in [-0.05, 0) is 54.5 Å². The van der Waals surface area contributed by atoms with E-state index >= 15 is 0 Å². The summed E-state index contributed by atoms with van der Waals surface area (Å²) in [6.07, 6.45) is 10.5. The molecule has 0 amide bonds. The van der Waals surface area contributed by atoms with Crippen molar-refractivity contribution in [3.8, 4) is 0 Å². The van der Waals surface area contributed by atoms with E-state index in [1.807, 2.05) is 6.92 Å². The van der Waals surface area contributed by atoms with E-state index in [0.29, 0.717) is 12.8 Å². The average Bonchev–Trinajstić information content (AvgIpc) is 2.61. The Hall–Kier alpha value is -1.96. The molecule has 0 bridgehead atoms. The van der Waals surface area contributed by atoms with Crippen LogP contribution in [0.2, 0.25) is 0 Å². The molecule has 0 saturated heterocycles. The smallest absolute Gasteiger partial charge is 0.129 e. The molecule has 0 N–H and O–H groups in total. The lowest BCUT2D eigenvalue weighted by atomic mass is 10.00. The first-order chi connectivity index (χ1) is 12.1. The fraction of sp³-hybridized carbons (Fsp3) is 0.391. The van der Waals surface area contributed by atoms with Gasteiger partial charge in [0.1, 0.15) is 11.6 Å². The highest BCUT2D eigenvalue weighted by Crippen LogP contribution is 2.19. The second kappa shape index (κ2) is 10.1. The maximum atomic E-state index is 14.0. The zero-order chi connectivity index (χ0) is 18.1. The van der Waals surface area contributed by atoms with E-state index in [1.165, 1.54) is 36.1 Å². The average molecular weight is 342 g/mol. The highest BCUT2D eigenvalue weighted by atomic mass is 19.1. The van der Waals surface area contributed by atoms with Gasteiger partial charge < -0.3 is 0 Å². The predicted molar refractivity (Wildman–Crippen MR) is 103 cm³/mol. The van der Waals surface area contributed by atoms with Crippen LogP contribution < -0.4 is 0 Å². The Bertz CT molecular complexity index is 661. The number of halogens is 2. The van der Waals surface area contributed by atoms with Crippen molar-refractivity contribution in [1.29, 1.82) is 0 Å². The van der Waals surface area contributed by atoms with Crippen LogP contribution in [-0.2, 0) is 19.3 Å². The molecule has 0 aliphatic carbocycles. The quantitative estimate of drug-likeness (QED) is 0.434. The molecule has 134 valence electrons. The molecule has 0 fully saturated rings. The number of allylic oxidation sites excluding steroid dienone is 1. The number of benzene rings is 2. The third-order valence-electron chi connectivity index (χ3n) is 4.42. The van der Waals surface area contributed by atoms with Gasteiger partial charge >= 0.3 is 0 Å². The van der Waals surface area contributed by atoms with Gasteiger partial charge in [-0.3, -0.25) is 0 Å². The van der Waals surface area contributed by atoms with Crippen molar-refractivity contribution in [1.82, 2.24) is 0 Å². The summed E-state index contributed by atoms with van der Waals surface area (Å²) in [6, 6.07) is 11.4. The van der Waals surface area contributed by atoms with Crippen LogP contribution >= 0.6 is 0 Å². The molecule has 0 aliphatic heterocycles. The standard InChI is InChI=1S/C23H28F2/c1-3-5-6-7-9-18-10-12-19(13-11-18)14-15-20-16-22(24)21(8-4-2)23(25)17-20/h7,9-13,16-17H,3-6,8,14-15H2,1-2H3/b9-7+. The van der Waals surface area contributed by atoms with Crippen molar-refractivity contribution in [2.75, 3.05) is 0 Å². The Kier molecular flexibility index (Phi) is 7.84. The Morgan fingerprint density at radius 2 is 1.44 bits per heavy atom. The first kappa shape index (κ1) is 19.4. The van der Waals surface area contributed by atoms with E-state index < -0.39 is 11.6 Å². The molecule has 0 spiro atoms. The summed E-state index contributed by atoms with van der Waals surface area (Å²) in [5.41, 5.74) is 3.31. The van der Waals surface area contributed by atoms with Crippen LogP contribution in [0.4, 0.5) is 8.78 Å². The summed E-state index contributed by atoms with van der Waals surface area (Å²) in [6.45, 7) is 4.12. The molecule has 0 aliphatic rings.